The van der Waals surface area contributed by atoms with E-state index < -0.39 is 0 Å². The second kappa shape index (κ2) is 4.61. The third-order valence-electron chi connectivity index (χ3n) is 3.07. The number of hydrogen-bond acceptors (Lipinski definition) is 3. The van der Waals surface area contributed by atoms with E-state index in [4.69, 9.17) is 5.26 Å². The summed E-state index contributed by atoms with van der Waals surface area (Å²) >= 11 is 0. The van der Waals surface area contributed by atoms with Gasteiger partial charge in [0.1, 0.15) is 11.8 Å². The Morgan fingerprint density at radius 2 is 1.94 bits per heavy atom. The normalized spacial score (nSPS) is 10.7. The Morgan fingerprint density at radius 3 is 2.50 bits per heavy atom. The molecule has 2 rings (SSSR count). The largest absolute Gasteiger partial charge is 0.241 e. The smallest absolute Gasteiger partial charge is 0.190 e. The van der Waals surface area contributed by atoms with E-state index in [1.54, 1.807) is 4.68 Å². The minimum absolute atomic E-state index is 0.177. The van der Waals surface area contributed by atoms with Crippen molar-refractivity contribution >= 4 is 0 Å². The molecule has 0 amide bonds. The van der Waals surface area contributed by atoms with E-state index in [0.717, 1.165) is 11.3 Å². The van der Waals surface area contributed by atoms with E-state index in [1.165, 1.54) is 11.1 Å². The molecule has 0 saturated carbocycles. The van der Waals surface area contributed by atoms with Crippen molar-refractivity contribution in [1.29, 1.82) is 5.26 Å². The van der Waals surface area contributed by atoms with Gasteiger partial charge in [-0.3, -0.25) is 0 Å². The van der Waals surface area contributed by atoms with Crippen molar-refractivity contribution in [2.75, 3.05) is 0 Å². The van der Waals surface area contributed by atoms with Gasteiger partial charge in [-0.1, -0.05) is 17.3 Å². The Kier molecular flexibility index (Phi) is 3.15. The van der Waals surface area contributed by atoms with Crippen molar-refractivity contribution in [3.05, 3.63) is 35.0 Å². The van der Waals surface area contributed by atoms with E-state index in [-0.39, 0.29) is 6.04 Å². The van der Waals surface area contributed by atoms with Gasteiger partial charge in [-0.2, -0.15) is 5.26 Å². The fourth-order valence-electron chi connectivity index (χ4n) is 1.89. The highest BCUT2D eigenvalue weighted by molar-refractivity contribution is 5.66. The van der Waals surface area contributed by atoms with Crippen LogP contribution >= 0.6 is 0 Å². The van der Waals surface area contributed by atoms with Gasteiger partial charge in [0.25, 0.3) is 0 Å². The van der Waals surface area contributed by atoms with Gasteiger partial charge in [0, 0.05) is 11.6 Å². The minimum Gasteiger partial charge on any atom is -0.241 e. The van der Waals surface area contributed by atoms with Gasteiger partial charge in [0.05, 0.1) is 0 Å². The predicted molar refractivity (Wildman–Crippen MR) is 70.0 cm³/mol. The second-order valence-corrected chi connectivity index (χ2v) is 4.74. The highest BCUT2D eigenvalue weighted by Gasteiger charge is 2.16. The molecule has 0 spiro atoms. The second-order valence-electron chi connectivity index (χ2n) is 4.74. The van der Waals surface area contributed by atoms with Crippen LogP contribution in [-0.2, 0) is 0 Å². The molecule has 0 aliphatic heterocycles. The number of nitrogens with zero attached hydrogens (tertiary/aromatic N) is 4. The van der Waals surface area contributed by atoms with Gasteiger partial charge in [0.15, 0.2) is 5.69 Å². The van der Waals surface area contributed by atoms with Gasteiger partial charge in [-0.15, -0.1) is 5.10 Å². The molecule has 4 nitrogen and oxygen atoms in total. The topological polar surface area (TPSA) is 54.5 Å². The van der Waals surface area contributed by atoms with Crippen molar-refractivity contribution in [1.82, 2.24) is 15.0 Å². The molecule has 1 aromatic carbocycles. The standard InChI is InChI=1S/C14H16N4/c1-9(2)18-14(13(8-15)16-17-18)12-6-5-10(3)11(4)7-12/h5-7,9H,1-4H3. The first-order chi connectivity index (χ1) is 8.54. The van der Waals surface area contributed by atoms with Crippen molar-refractivity contribution in [3.8, 4) is 17.3 Å². The van der Waals surface area contributed by atoms with Gasteiger partial charge in [0.2, 0.25) is 0 Å². The van der Waals surface area contributed by atoms with Crippen LogP contribution in [0.2, 0.25) is 0 Å². The molecule has 1 aromatic heterocycles. The molecular weight excluding hydrogens is 224 g/mol. The summed E-state index contributed by atoms with van der Waals surface area (Å²) in [6, 6.07) is 8.44. The lowest BCUT2D eigenvalue weighted by Crippen LogP contribution is -2.05. The SMILES string of the molecule is Cc1ccc(-c2c(C#N)nnn2C(C)C)cc1C. The predicted octanol–water partition coefficient (Wildman–Crippen LogP) is 3.01. The van der Waals surface area contributed by atoms with E-state index >= 15 is 0 Å². The number of rotatable bonds is 2. The molecule has 0 atom stereocenters. The van der Waals surface area contributed by atoms with Crippen LogP contribution in [0.15, 0.2) is 18.2 Å². The fraction of sp³-hybridized carbons (Fsp3) is 0.357. The maximum Gasteiger partial charge on any atom is 0.190 e. The Hall–Kier alpha value is -2.15. The van der Waals surface area contributed by atoms with Crippen LogP contribution in [0.5, 0.6) is 0 Å². The Bertz CT molecular complexity index is 617. The molecule has 0 aliphatic carbocycles. The lowest BCUT2D eigenvalue weighted by atomic mass is 10.0. The number of aromatic nitrogens is 3. The van der Waals surface area contributed by atoms with Crippen LogP contribution in [0.4, 0.5) is 0 Å². The minimum atomic E-state index is 0.177. The van der Waals surface area contributed by atoms with Crippen molar-refractivity contribution in [2.24, 2.45) is 0 Å². The molecular formula is C14H16N4. The summed E-state index contributed by atoms with van der Waals surface area (Å²) in [5.41, 5.74) is 4.62. The molecule has 4 heteroatoms. The first kappa shape index (κ1) is 12.3. The van der Waals surface area contributed by atoms with Gasteiger partial charge in [-0.25, -0.2) is 4.68 Å². The van der Waals surface area contributed by atoms with Crippen LogP contribution in [0.1, 0.15) is 36.7 Å². The molecule has 2 aromatic rings. The van der Waals surface area contributed by atoms with Crippen molar-refractivity contribution in [2.45, 2.75) is 33.7 Å². The third kappa shape index (κ3) is 2.00. The van der Waals surface area contributed by atoms with E-state index in [2.05, 4.69) is 42.4 Å². The average Bonchev–Trinajstić information content (AvgIpc) is 2.76. The molecule has 0 aliphatic rings. The Balaban J connectivity index is 2.65. The lowest BCUT2D eigenvalue weighted by Gasteiger charge is -2.11. The summed E-state index contributed by atoms with van der Waals surface area (Å²) in [6.07, 6.45) is 0. The molecule has 0 saturated heterocycles. The van der Waals surface area contributed by atoms with Gasteiger partial charge < -0.3 is 0 Å². The fourth-order valence-corrected chi connectivity index (χ4v) is 1.89. The summed E-state index contributed by atoms with van der Waals surface area (Å²) in [5, 5.41) is 17.1. The maximum atomic E-state index is 9.13. The zero-order valence-corrected chi connectivity index (χ0v) is 11.1. The van der Waals surface area contributed by atoms with E-state index in [9.17, 15) is 0 Å². The van der Waals surface area contributed by atoms with Crippen LogP contribution in [0.3, 0.4) is 0 Å². The summed E-state index contributed by atoms with van der Waals surface area (Å²) < 4.78 is 1.79. The quantitative estimate of drug-likeness (QED) is 0.810. The highest BCUT2D eigenvalue weighted by Crippen LogP contribution is 2.26. The number of benzene rings is 1. The van der Waals surface area contributed by atoms with Crippen molar-refractivity contribution < 1.29 is 0 Å². The summed E-state index contributed by atoms with van der Waals surface area (Å²) in [7, 11) is 0. The van der Waals surface area contributed by atoms with Gasteiger partial charge >= 0.3 is 0 Å². The summed E-state index contributed by atoms with van der Waals surface area (Å²) in [5.74, 6) is 0. The number of nitriles is 1. The van der Waals surface area contributed by atoms with Gasteiger partial charge in [-0.05, 0) is 44.9 Å². The number of hydrogen-bond donors (Lipinski definition) is 0. The molecule has 0 unspecified atom stereocenters. The van der Waals surface area contributed by atoms with Crippen LogP contribution < -0.4 is 0 Å². The molecule has 1 heterocycles. The maximum absolute atomic E-state index is 9.13. The molecule has 0 N–H and O–H groups in total. The van der Waals surface area contributed by atoms with Crippen molar-refractivity contribution in [3.63, 3.8) is 0 Å². The van der Waals surface area contributed by atoms with Crippen LogP contribution in [0, 0.1) is 25.2 Å². The monoisotopic (exact) mass is 240 g/mol. The number of aryl methyl sites for hydroxylation is 2. The first-order valence-corrected chi connectivity index (χ1v) is 5.97. The highest BCUT2D eigenvalue weighted by atomic mass is 15.4. The lowest BCUT2D eigenvalue weighted by molar-refractivity contribution is 0.519. The zero-order chi connectivity index (χ0) is 13.3. The summed E-state index contributed by atoms with van der Waals surface area (Å²) in [6.45, 7) is 8.19. The molecule has 0 radical (unpaired) electrons. The Morgan fingerprint density at radius 1 is 1.22 bits per heavy atom. The molecule has 0 bridgehead atoms. The van der Waals surface area contributed by atoms with Crippen LogP contribution in [0.25, 0.3) is 11.3 Å². The zero-order valence-electron chi connectivity index (χ0n) is 11.1. The average molecular weight is 240 g/mol. The molecule has 92 valence electrons. The summed E-state index contributed by atoms with van der Waals surface area (Å²) in [4.78, 5) is 0. The third-order valence-corrected chi connectivity index (χ3v) is 3.07. The van der Waals surface area contributed by atoms with Crippen LogP contribution in [-0.4, -0.2) is 15.0 Å². The molecule has 18 heavy (non-hydrogen) atoms. The van der Waals surface area contributed by atoms with E-state index in [1.807, 2.05) is 19.9 Å². The van der Waals surface area contributed by atoms with E-state index in [0.29, 0.717) is 5.69 Å². The first-order valence-electron chi connectivity index (χ1n) is 5.97. The Labute approximate surface area is 107 Å². The molecule has 0 fully saturated rings.